The van der Waals surface area contributed by atoms with Gasteiger partial charge in [0, 0.05) is 18.5 Å². The Balaban J connectivity index is 2.78. The highest BCUT2D eigenvalue weighted by Crippen LogP contribution is 2.43. The molecule has 0 radical (unpaired) electrons. The van der Waals surface area contributed by atoms with Gasteiger partial charge in [0.25, 0.3) is 0 Å². The molecular formula is C16H31NO. The fourth-order valence-corrected chi connectivity index (χ4v) is 3.23. The van der Waals surface area contributed by atoms with Gasteiger partial charge in [-0.15, -0.1) is 0 Å². The molecule has 1 rings (SSSR count). The molecule has 18 heavy (non-hydrogen) atoms. The maximum Gasteiger partial charge on any atom is 0.223 e. The monoisotopic (exact) mass is 253 g/mol. The van der Waals surface area contributed by atoms with Gasteiger partial charge in [-0.1, -0.05) is 41.0 Å². The van der Waals surface area contributed by atoms with Gasteiger partial charge in [0.15, 0.2) is 0 Å². The summed E-state index contributed by atoms with van der Waals surface area (Å²) in [5, 5.41) is 0. The second kappa shape index (κ2) is 4.86. The van der Waals surface area contributed by atoms with Crippen LogP contribution in [-0.2, 0) is 4.79 Å². The van der Waals surface area contributed by atoms with Crippen LogP contribution in [0.15, 0.2) is 0 Å². The molecule has 1 fully saturated rings. The molecule has 0 aliphatic carbocycles. The van der Waals surface area contributed by atoms with E-state index in [1.807, 2.05) is 0 Å². The van der Waals surface area contributed by atoms with Gasteiger partial charge in [-0.3, -0.25) is 4.79 Å². The smallest absolute Gasteiger partial charge is 0.223 e. The van der Waals surface area contributed by atoms with Crippen molar-refractivity contribution in [3.63, 3.8) is 0 Å². The van der Waals surface area contributed by atoms with Crippen LogP contribution in [0.3, 0.4) is 0 Å². The van der Waals surface area contributed by atoms with Gasteiger partial charge in [-0.2, -0.15) is 0 Å². The predicted molar refractivity (Wildman–Crippen MR) is 77.5 cm³/mol. The number of nitrogens with zero attached hydrogens (tertiary/aromatic N) is 1. The summed E-state index contributed by atoms with van der Waals surface area (Å²) >= 11 is 0. The zero-order valence-electron chi connectivity index (χ0n) is 13.4. The fraction of sp³-hybridized carbons (Fsp3) is 0.938. The van der Waals surface area contributed by atoms with E-state index in [1.54, 1.807) is 0 Å². The van der Waals surface area contributed by atoms with Gasteiger partial charge in [0.2, 0.25) is 5.91 Å². The normalized spacial score (nSPS) is 28.3. The lowest BCUT2D eigenvalue weighted by Crippen LogP contribution is -2.55. The minimum Gasteiger partial charge on any atom is -0.338 e. The zero-order chi connectivity index (χ0) is 14.2. The van der Waals surface area contributed by atoms with Crippen LogP contribution in [0, 0.1) is 10.8 Å². The minimum absolute atomic E-state index is 0.00530. The molecule has 1 aliphatic heterocycles. The summed E-state index contributed by atoms with van der Waals surface area (Å²) in [5.74, 6) is 0.325. The van der Waals surface area contributed by atoms with Crippen LogP contribution in [0.4, 0.5) is 0 Å². The van der Waals surface area contributed by atoms with Crippen molar-refractivity contribution in [1.29, 1.82) is 0 Å². The Morgan fingerprint density at radius 3 is 2.17 bits per heavy atom. The van der Waals surface area contributed by atoms with Gasteiger partial charge >= 0.3 is 0 Å². The summed E-state index contributed by atoms with van der Waals surface area (Å²) in [4.78, 5) is 14.6. The molecule has 0 aromatic rings. The predicted octanol–water partition coefficient (Wildman–Crippen LogP) is 4.24. The molecule has 1 saturated heterocycles. The van der Waals surface area contributed by atoms with Gasteiger partial charge in [0.05, 0.1) is 0 Å². The van der Waals surface area contributed by atoms with Crippen molar-refractivity contribution >= 4 is 5.91 Å². The lowest BCUT2D eigenvalue weighted by Gasteiger charge is -2.50. The molecule has 2 nitrogen and oxygen atoms in total. The largest absolute Gasteiger partial charge is 0.338 e. The Morgan fingerprint density at radius 1 is 1.22 bits per heavy atom. The van der Waals surface area contributed by atoms with Crippen molar-refractivity contribution in [2.75, 3.05) is 6.54 Å². The molecule has 0 aromatic heterocycles. The first-order valence-corrected chi connectivity index (χ1v) is 7.30. The van der Waals surface area contributed by atoms with Gasteiger partial charge in [-0.05, 0) is 37.5 Å². The third-order valence-electron chi connectivity index (χ3n) is 4.37. The molecule has 106 valence electrons. The lowest BCUT2D eigenvalue weighted by atomic mass is 9.70. The van der Waals surface area contributed by atoms with Crippen LogP contribution in [0.5, 0.6) is 0 Å². The molecule has 1 amide bonds. The molecule has 0 saturated carbocycles. The van der Waals surface area contributed by atoms with E-state index < -0.39 is 0 Å². The molecule has 1 unspecified atom stereocenters. The van der Waals surface area contributed by atoms with Gasteiger partial charge in [0.1, 0.15) is 0 Å². The highest BCUT2D eigenvalue weighted by molar-refractivity contribution is 5.77. The molecule has 1 heterocycles. The van der Waals surface area contributed by atoms with Crippen molar-refractivity contribution in [2.24, 2.45) is 10.8 Å². The number of carbonyl (C=O) groups is 1. The number of rotatable bonds is 2. The first-order valence-electron chi connectivity index (χ1n) is 7.30. The Labute approximate surface area is 113 Å². The van der Waals surface area contributed by atoms with Crippen LogP contribution < -0.4 is 0 Å². The van der Waals surface area contributed by atoms with E-state index in [2.05, 4.69) is 53.4 Å². The SMILES string of the molecule is CCC1(C)CCN(C(=O)CC(C)(C)C)C(C)(C)C1. The molecule has 0 aromatic carbocycles. The van der Waals surface area contributed by atoms with Crippen molar-refractivity contribution in [2.45, 2.75) is 79.7 Å². The molecule has 0 bridgehead atoms. The van der Waals surface area contributed by atoms with Gasteiger partial charge in [-0.25, -0.2) is 0 Å². The summed E-state index contributed by atoms with van der Waals surface area (Å²) in [5.41, 5.74) is 0.492. The fourth-order valence-electron chi connectivity index (χ4n) is 3.23. The van der Waals surface area contributed by atoms with Crippen LogP contribution in [0.2, 0.25) is 0 Å². The summed E-state index contributed by atoms with van der Waals surface area (Å²) < 4.78 is 0. The Hall–Kier alpha value is -0.530. The summed E-state index contributed by atoms with van der Waals surface area (Å²) in [6.07, 6.45) is 4.12. The highest BCUT2D eigenvalue weighted by Gasteiger charge is 2.42. The first-order chi connectivity index (χ1) is 7.99. The maximum atomic E-state index is 12.5. The third-order valence-corrected chi connectivity index (χ3v) is 4.37. The number of amides is 1. The Kier molecular flexibility index (Phi) is 4.19. The molecule has 2 heteroatoms. The summed E-state index contributed by atoms with van der Waals surface area (Å²) in [7, 11) is 0. The Bertz CT molecular complexity index is 314. The van der Waals surface area contributed by atoms with Gasteiger partial charge < -0.3 is 4.90 Å². The maximum absolute atomic E-state index is 12.5. The highest BCUT2D eigenvalue weighted by atomic mass is 16.2. The number of piperidine rings is 1. The van der Waals surface area contributed by atoms with Crippen molar-refractivity contribution in [3.05, 3.63) is 0 Å². The average molecular weight is 253 g/mol. The Morgan fingerprint density at radius 2 is 1.78 bits per heavy atom. The van der Waals surface area contributed by atoms with E-state index in [1.165, 1.54) is 6.42 Å². The summed E-state index contributed by atoms with van der Waals surface area (Å²) in [6.45, 7) is 16.4. The van der Waals surface area contributed by atoms with Crippen LogP contribution >= 0.6 is 0 Å². The molecule has 0 spiro atoms. The average Bonchev–Trinajstić information content (AvgIpc) is 2.12. The molecule has 1 atom stereocenters. The van der Waals surface area contributed by atoms with Crippen LogP contribution in [0.1, 0.15) is 74.1 Å². The van der Waals surface area contributed by atoms with E-state index in [-0.39, 0.29) is 11.0 Å². The summed E-state index contributed by atoms with van der Waals surface area (Å²) in [6, 6.07) is 0. The van der Waals surface area contributed by atoms with Crippen molar-refractivity contribution in [3.8, 4) is 0 Å². The standard InChI is InChI=1S/C16H31NO/c1-8-16(7)9-10-17(15(5,6)12-16)13(18)11-14(2,3)4/h8-12H2,1-7H3. The number of hydrogen-bond acceptors (Lipinski definition) is 1. The lowest BCUT2D eigenvalue weighted by molar-refractivity contribution is -0.143. The van der Waals surface area contributed by atoms with E-state index in [4.69, 9.17) is 0 Å². The third kappa shape index (κ3) is 3.73. The van der Waals surface area contributed by atoms with E-state index in [9.17, 15) is 4.79 Å². The number of likely N-dealkylation sites (tertiary alicyclic amines) is 1. The first kappa shape index (κ1) is 15.5. The topological polar surface area (TPSA) is 20.3 Å². The number of carbonyl (C=O) groups excluding carboxylic acids is 1. The second-order valence-corrected chi connectivity index (χ2v) is 8.19. The zero-order valence-corrected chi connectivity index (χ0v) is 13.4. The van der Waals surface area contributed by atoms with Crippen molar-refractivity contribution < 1.29 is 4.79 Å². The van der Waals surface area contributed by atoms with E-state index >= 15 is 0 Å². The molecule has 1 aliphatic rings. The molecule has 0 N–H and O–H groups in total. The van der Waals surface area contributed by atoms with Crippen LogP contribution in [0.25, 0.3) is 0 Å². The van der Waals surface area contributed by atoms with Crippen LogP contribution in [-0.4, -0.2) is 22.9 Å². The second-order valence-electron chi connectivity index (χ2n) is 8.19. The van der Waals surface area contributed by atoms with E-state index in [0.717, 1.165) is 19.4 Å². The van der Waals surface area contributed by atoms with E-state index in [0.29, 0.717) is 17.7 Å². The number of hydrogen-bond donors (Lipinski definition) is 0. The van der Waals surface area contributed by atoms with Crippen molar-refractivity contribution in [1.82, 2.24) is 4.90 Å². The quantitative estimate of drug-likeness (QED) is 0.721. The molecular weight excluding hydrogens is 222 g/mol. The minimum atomic E-state index is 0.00530.